The first-order valence-corrected chi connectivity index (χ1v) is 6.78. The van der Waals surface area contributed by atoms with Gasteiger partial charge in [0.25, 0.3) is 0 Å². The number of nitrogens with zero attached hydrogens (tertiary/aromatic N) is 3. The van der Waals surface area contributed by atoms with Crippen LogP contribution in [0.1, 0.15) is 24.7 Å². The first kappa shape index (κ1) is 15.8. The standard InChI is InChI=1S/C13H18F3N3O2/c1-10-17-4-6-19(10)11-3-2-5-18(7-11)12(20)8-21-9-13(14,15)16/h4,6,11H,2-3,5,7-9H2,1H3/t11-/m0/s1. The number of carbonyl (C=O) groups excluding carboxylic acids is 1. The fourth-order valence-corrected chi connectivity index (χ4v) is 2.53. The maximum atomic E-state index is 12.0. The smallest absolute Gasteiger partial charge is 0.362 e. The Morgan fingerprint density at radius 1 is 1.52 bits per heavy atom. The molecule has 0 bridgehead atoms. The summed E-state index contributed by atoms with van der Waals surface area (Å²) >= 11 is 0. The van der Waals surface area contributed by atoms with Crippen molar-refractivity contribution in [3.63, 3.8) is 0 Å². The highest BCUT2D eigenvalue weighted by molar-refractivity contribution is 5.77. The molecule has 0 saturated carbocycles. The molecule has 0 aromatic carbocycles. The van der Waals surface area contributed by atoms with Crippen molar-refractivity contribution in [2.75, 3.05) is 26.3 Å². The van der Waals surface area contributed by atoms with Crippen molar-refractivity contribution < 1.29 is 22.7 Å². The molecule has 0 radical (unpaired) electrons. The second-order valence-electron chi connectivity index (χ2n) is 5.13. The number of likely N-dealkylation sites (tertiary alicyclic amines) is 1. The first-order chi connectivity index (χ1) is 9.87. The summed E-state index contributed by atoms with van der Waals surface area (Å²) in [6.07, 6.45) is 0.882. The van der Waals surface area contributed by atoms with Crippen LogP contribution in [-0.2, 0) is 9.53 Å². The fourth-order valence-electron chi connectivity index (χ4n) is 2.53. The quantitative estimate of drug-likeness (QED) is 0.854. The van der Waals surface area contributed by atoms with Crippen molar-refractivity contribution in [1.82, 2.24) is 14.5 Å². The van der Waals surface area contributed by atoms with E-state index < -0.39 is 25.3 Å². The summed E-state index contributed by atoms with van der Waals surface area (Å²) in [6.45, 7) is 0.989. The van der Waals surface area contributed by atoms with Gasteiger partial charge in [-0.1, -0.05) is 0 Å². The van der Waals surface area contributed by atoms with Crippen LogP contribution in [0, 0.1) is 6.92 Å². The van der Waals surface area contributed by atoms with Crippen LogP contribution in [0.2, 0.25) is 0 Å². The van der Waals surface area contributed by atoms with E-state index in [1.54, 1.807) is 11.1 Å². The summed E-state index contributed by atoms with van der Waals surface area (Å²) in [4.78, 5) is 17.6. The number of rotatable bonds is 4. The van der Waals surface area contributed by atoms with Crippen LogP contribution in [0.15, 0.2) is 12.4 Å². The first-order valence-electron chi connectivity index (χ1n) is 6.78. The molecule has 1 aliphatic rings. The van der Waals surface area contributed by atoms with Crippen molar-refractivity contribution in [3.8, 4) is 0 Å². The van der Waals surface area contributed by atoms with Crippen LogP contribution >= 0.6 is 0 Å². The number of hydrogen-bond donors (Lipinski definition) is 0. The Morgan fingerprint density at radius 3 is 2.90 bits per heavy atom. The summed E-state index contributed by atoms with van der Waals surface area (Å²) in [5.41, 5.74) is 0. The molecule has 0 spiro atoms. The van der Waals surface area contributed by atoms with Crippen LogP contribution in [-0.4, -0.2) is 52.8 Å². The lowest BCUT2D eigenvalue weighted by atomic mass is 10.1. The number of imidazole rings is 1. The number of amides is 1. The molecule has 1 aliphatic heterocycles. The Bertz CT molecular complexity index is 487. The van der Waals surface area contributed by atoms with Crippen LogP contribution < -0.4 is 0 Å². The van der Waals surface area contributed by atoms with Gasteiger partial charge in [-0.15, -0.1) is 0 Å². The zero-order chi connectivity index (χ0) is 15.5. The monoisotopic (exact) mass is 305 g/mol. The van der Waals surface area contributed by atoms with E-state index in [4.69, 9.17) is 0 Å². The lowest BCUT2D eigenvalue weighted by Gasteiger charge is -2.33. The van der Waals surface area contributed by atoms with Gasteiger partial charge in [0, 0.05) is 25.5 Å². The summed E-state index contributed by atoms with van der Waals surface area (Å²) in [5.74, 6) is 0.462. The SMILES string of the molecule is Cc1nccn1[C@H]1CCCN(C(=O)COCC(F)(F)F)C1. The van der Waals surface area contributed by atoms with Crippen molar-refractivity contribution in [3.05, 3.63) is 18.2 Å². The predicted octanol–water partition coefficient (Wildman–Crippen LogP) is 1.93. The van der Waals surface area contributed by atoms with Gasteiger partial charge in [0.05, 0.1) is 6.04 Å². The Hall–Kier alpha value is -1.57. The summed E-state index contributed by atoms with van der Waals surface area (Å²) in [7, 11) is 0. The molecule has 1 amide bonds. The number of piperidine rings is 1. The Kier molecular flexibility index (Phi) is 4.87. The topological polar surface area (TPSA) is 47.4 Å². The fraction of sp³-hybridized carbons (Fsp3) is 0.692. The van der Waals surface area contributed by atoms with E-state index in [9.17, 15) is 18.0 Å². The lowest BCUT2D eigenvalue weighted by molar-refractivity contribution is -0.178. The van der Waals surface area contributed by atoms with Gasteiger partial charge >= 0.3 is 6.18 Å². The van der Waals surface area contributed by atoms with Gasteiger partial charge in [0.2, 0.25) is 5.91 Å². The van der Waals surface area contributed by atoms with Gasteiger partial charge in [-0.2, -0.15) is 13.2 Å². The summed E-state index contributed by atoms with van der Waals surface area (Å²) < 4.78 is 42.4. The minimum absolute atomic E-state index is 0.118. The van der Waals surface area contributed by atoms with Crippen LogP contribution in [0.3, 0.4) is 0 Å². The van der Waals surface area contributed by atoms with Crippen molar-refractivity contribution in [1.29, 1.82) is 0 Å². The minimum Gasteiger partial charge on any atom is -0.362 e. The molecule has 2 rings (SSSR count). The molecular formula is C13H18F3N3O2. The number of carbonyl (C=O) groups is 1. The normalized spacial score (nSPS) is 19.8. The van der Waals surface area contributed by atoms with E-state index >= 15 is 0 Å². The molecule has 118 valence electrons. The Morgan fingerprint density at radius 2 is 2.29 bits per heavy atom. The molecular weight excluding hydrogens is 287 g/mol. The highest BCUT2D eigenvalue weighted by Gasteiger charge is 2.29. The molecule has 1 fully saturated rings. The van der Waals surface area contributed by atoms with E-state index in [0.29, 0.717) is 13.1 Å². The molecule has 1 saturated heterocycles. The van der Waals surface area contributed by atoms with Crippen molar-refractivity contribution in [2.24, 2.45) is 0 Å². The largest absolute Gasteiger partial charge is 0.411 e. The van der Waals surface area contributed by atoms with Gasteiger partial charge in [0.1, 0.15) is 19.0 Å². The average Bonchev–Trinajstić information content (AvgIpc) is 2.83. The second-order valence-corrected chi connectivity index (χ2v) is 5.13. The highest BCUT2D eigenvalue weighted by atomic mass is 19.4. The predicted molar refractivity (Wildman–Crippen MR) is 68.7 cm³/mol. The number of aryl methyl sites for hydroxylation is 1. The van der Waals surface area contributed by atoms with E-state index in [1.165, 1.54) is 0 Å². The molecule has 5 nitrogen and oxygen atoms in total. The number of hydrogen-bond acceptors (Lipinski definition) is 3. The minimum atomic E-state index is -4.40. The molecule has 1 aromatic rings. The van der Waals surface area contributed by atoms with Crippen LogP contribution in [0.25, 0.3) is 0 Å². The van der Waals surface area contributed by atoms with Gasteiger partial charge in [-0.05, 0) is 19.8 Å². The number of alkyl halides is 3. The molecule has 2 heterocycles. The number of halogens is 3. The Labute approximate surface area is 120 Å². The van der Waals surface area contributed by atoms with E-state index in [-0.39, 0.29) is 6.04 Å². The van der Waals surface area contributed by atoms with Crippen LogP contribution in [0.4, 0.5) is 13.2 Å². The van der Waals surface area contributed by atoms with E-state index in [0.717, 1.165) is 18.7 Å². The molecule has 0 aliphatic carbocycles. The summed E-state index contributed by atoms with van der Waals surface area (Å²) in [6, 6.07) is 0.118. The van der Waals surface area contributed by atoms with Crippen LogP contribution in [0.5, 0.6) is 0 Å². The number of aromatic nitrogens is 2. The molecule has 21 heavy (non-hydrogen) atoms. The third kappa shape index (κ3) is 4.45. The summed E-state index contributed by atoms with van der Waals surface area (Å²) in [5, 5.41) is 0. The highest BCUT2D eigenvalue weighted by Crippen LogP contribution is 2.22. The third-order valence-electron chi connectivity index (χ3n) is 3.50. The van der Waals surface area contributed by atoms with Gasteiger partial charge in [0.15, 0.2) is 0 Å². The number of ether oxygens (including phenoxy) is 1. The van der Waals surface area contributed by atoms with Crippen molar-refractivity contribution >= 4 is 5.91 Å². The molecule has 1 atom stereocenters. The third-order valence-corrected chi connectivity index (χ3v) is 3.50. The van der Waals surface area contributed by atoms with Crippen molar-refractivity contribution in [2.45, 2.75) is 32.0 Å². The van der Waals surface area contributed by atoms with Gasteiger partial charge < -0.3 is 14.2 Å². The van der Waals surface area contributed by atoms with E-state index in [1.807, 2.05) is 17.7 Å². The lowest BCUT2D eigenvalue weighted by Crippen LogP contribution is -2.42. The second kappa shape index (κ2) is 6.46. The Balaban J connectivity index is 1.86. The molecule has 1 aromatic heterocycles. The zero-order valence-corrected chi connectivity index (χ0v) is 11.8. The van der Waals surface area contributed by atoms with E-state index in [2.05, 4.69) is 9.72 Å². The van der Waals surface area contributed by atoms with Gasteiger partial charge in [-0.3, -0.25) is 4.79 Å². The molecule has 8 heteroatoms. The zero-order valence-electron chi connectivity index (χ0n) is 11.8. The average molecular weight is 305 g/mol. The molecule has 0 N–H and O–H groups in total. The maximum Gasteiger partial charge on any atom is 0.411 e. The van der Waals surface area contributed by atoms with Gasteiger partial charge in [-0.25, -0.2) is 4.98 Å². The maximum absolute atomic E-state index is 12.0. The molecule has 0 unspecified atom stereocenters.